The quantitative estimate of drug-likeness (QED) is 0.314. The minimum Gasteiger partial charge on any atom is -0.468 e. The van der Waals surface area contributed by atoms with Crippen LogP contribution >= 0.6 is 39.1 Å². The van der Waals surface area contributed by atoms with Gasteiger partial charge in [-0.25, -0.2) is 13.5 Å². The van der Waals surface area contributed by atoms with E-state index in [-0.39, 0.29) is 18.2 Å². The lowest BCUT2D eigenvalue weighted by atomic mass is 10.2. The average Bonchev–Trinajstić information content (AvgIpc) is 3.37. The van der Waals surface area contributed by atoms with Crippen molar-refractivity contribution >= 4 is 50.9 Å². The lowest BCUT2D eigenvalue weighted by molar-refractivity contribution is 0.101. The first-order valence-corrected chi connectivity index (χ1v) is 10.9. The van der Waals surface area contributed by atoms with E-state index in [9.17, 15) is 13.6 Å². The number of benzene rings is 2. The molecule has 0 radical (unpaired) electrons. The second kappa shape index (κ2) is 9.90. The molecule has 0 aliphatic rings. The molecule has 4 rings (SSSR count). The highest BCUT2D eigenvalue weighted by molar-refractivity contribution is 9.10. The third-order valence-electron chi connectivity index (χ3n) is 4.40. The van der Waals surface area contributed by atoms with Crippen LogP contribution in [0, 0.1) is 11.6 Å². The third kappa shape index (κ3) is 5.70. The standard InChI is InChI=1S/C21H14BrCl2F2N5O2/c22-14-10-31(9-12-1-3-15(23)16(24)7-12)29-20(14)27-21(32)18-5-6-30(28-18)11-33-19-4-2-13(25)8-17(19)26/h1-8,10H,9,11H2,(H,27,29,32). The highest BCUT2D eigenvalue weighted by Gasteiger charge is 2.15. The molecule has 4 aromatic rings. The van der Waals surface area contributed by atoms with Crippen LogP contribution in [0.25, 0.3) is 0 Å². The zero-order valence-corrected chi connectivity index (χ0v) is 19.7. The topological polar surface area (TPSA) is 74.0 Å². The van der Waals surface area contributed by atoms with Gasteiger partial charge in [0.2, 0.25) is 0 Å². The number of halogens is 5. The number of nitrogens with zero attached hydrogens (tertiary/aromatic N) is 4. The normalized spacial score (nSPS) is 10.9. The van der Waals surface area contributed by atoms with Gasteiger partial charge in [-0.05, 0) is 51.8 Å². The Labute approximate surface area is 205 Å². The van der Waals surface area contributed by atoms with Crippen LogP contribution in [-0.4, -0.2) is 25.5 Å². The van der Waals surface area contributed by atoms with Crippen molar-refractivity contribution in [1.82, 2.24) is 19.6 Å². The van der Waals surface area contributed by atoms with Crippen molar-refractivity contribution in [3.63, 3.8) is 0 Å². The van der Waals surface area contributed by atoms with Crippen LogP contribution in [0.4, 0.5) is 14.6 Å². The van der Waals surface area contributed by atoms with Gasteiger partial charge in [-0.15, -0.1) is 0 Å². The lowest BCUT2D eigenvalue weighted by Crippen LogP contribution is -2.15. The smallest absolute Gasteiger partial charge is 0.277 e. The average molecular weight is 557 g/mol. The molecule has 0 saturated heterocycles. The van der Waals surface area contributed by atoms with E-state index in [4.69, 9.17) is 27.9 Å². The molecule has 0 bridgehead atoms. The monoisotopic (exact) mass is 555 g/mol. The molecule has 1 amide bonds. The molecule has 0 saturated carbocycles. The molecule has 2 aromatic heterocycles. The van der Waals surface area contributed by atoms with Crippen LogP contribution in [0.2, 0.25) is 10.0 Å². The SMILES string of the molecule is O=C(Nc1nn(Cc2ccc(Cl)c(Cl)c2)cc1Br)c1ccn(COc2ccc(F)cc2F)n1. The molecular weight excluding hydrogens is 543 g/mol. The Balaban J connectivity index is 1.38. The molecule has 1 N–H and O–H groups in total. The van der Waals surface area contributed by atoms with Crippen LogP contribution in [0.5, 0.6) is 5.75 Å². The van der Waals surface area contributed by atoms with Gasteiger partial charge in [0.25, 0.3) is 5.91 Å². The Morgan fingerprint density at radius 3 is 2.64 bits per heavy atom. The minimum atomic E-state index is -0.832. The van der Waals surface area contributed by atoms with E-state index in [2.05, 4.69) is 31.4 Å². The number of aromatic nitrogens is 4. The van der Waals surface area contributed by atoms with Crippen molar-refractivity contribution in [3.05, 3.63) is 92.3 Å². The number of carbonyl (C=O) groups is 1. The maximum Gasteiger partial charge on any atom is 0.277 e. The van der Waals surface area contributed by atoms with E-state index >= 15 is 0 Å². The Hall–Kier alpha value is -2.95. The lowest BCUT2D eigenvalue weighted by Gasteiger charge is -2.07. The summed E-state index contributed by atoms with van der Waals surface area (Å²) in [6.45, 7) is 0.245. The third-order valence-corrected chi connectivity index (χ3v) is 5.72. The fourth-order valence-corrected chi connectivity index (χ4v) is 3.58. The number of anilines is 1. The summed E-state index contributed by atoms with van der Waals surface area (Å²) in [5.74, 6) is -1.86. The van der Waals surface area contributed by atoms with E-state index in [1.807, 2.05) is 6.07 Å². The van der Waals surface area contributed by atoms with Crippen molar-refractivity contribution < 1.29 is 18.3 Å². The van der Waals surface area contributed by atoms with E-state index in [1.165, 1.54) is 23.0 Å². The molecular formula is C21H14BrCl2F2N5O2. The first kappa shape index (κ1) is 23.2. The molecule has 0 spiro atoms. The van der Waals surface area contributed by atoms with Gasteiger partial charge < -0.3 is 10.1 Å². The summed E-state index contributed by atoms with van der Waals surface area (Å²) in [5, 5.41) is 12.0. The Morgan fingerprint density at radius 1 is 1.06 bits per heavy atom. The maximum atomic E-state index is 13.7. The predicted octanol–water partition coefficient (Wildman–Crippen LogP) is 5.76. The number of ether oxygens (including phenoxy) is 1. The zero-order chi connectivity index (χ0) is 23.5. The Kier molecular flexibility index (Phi) is 6.96. The van der Waals surface area contributed by atoms with E-state index in [1.54, 1.807) is 23.0 Å². The van der Waals surface area contributed by atoms with Gasteiger partial charge in [-0.3, -0.25) is 9.48 Å². The van der Waals surface area contributed by atoms with Gasteiger partial charge in [-0.1, -0.05) is 29.3 Å². The van der Waals surface area contributed by atoms with Gasteiger partial charge in [0, 0.05) is 18.5 Å². The first-order chi connectivity index (χ1) is 15.8. The summed E-state index contributed by atoms with van der Waals surface area (Å²) < 4.78 is 35.4. The fourth-order valence-electron chi connectivity index (χ4n) is 2.84. The number of carbonyl (C=O) groups excluding carboxylic acids is 1. The van der Waals surface area contributed by atoms with Crippen LogP contribution in [0.3, 0.4) is 0 Å². The summed E-state index contributed by atoms with van der Waals surface area (Å²) in [6, 6.07) is 9.71. The van der Waals surface area contributed by atoms with Crippen LogP contribution < -0.4 is 10.1 Å². The second-order valence-corrected chi connectivity index (χ2v) is 8.48. The molecule has 0 aliphatic carbocycles. The Morgan fingerprint density at radius 2 is 1.88 bits per heavy atom. The summed E-state index contributed by atoms with van der Waals surface area (Å²) in [7, 11) is 0. The van der Waals surface area contributed by atoms with Gasteiger partial charge in [0.1, 0.15) is 5.82 Å². The molecule has 170 valence electrons. The predicted molar refractivity (Wildman–Crippen MR) is 123 cm³/mol. The molecule has 2 aromatic carbocycles. The number of nitrogens with one attached hydrogen (secondary N) is 1. The van der Waals surface area contributed by atoms with E-state index in [0.29, 0.717) is 26.9 Å². The molecule has 0 unspecified atom stereocenters. The first-order valence-electron chi connectivity index (χ1n) is 9.38. The highest BCUT2D eigenvalue weighted by atomic mass is 79.9. The number of amides is 1. The largest absolute Gasteiger partial charge is 0.468 e. The summed E-state index contributed by atoms with van der Waals surface area (Å²) in [4.78, 5) is 12.6. The van der Waals surface area contributed by atoms with Crippen molar-refractivity contribution in [2.24, 2.45) is 0 Å². The minimum absolute atomic E-state index is 0.101. The van der Waals surface area contributed by atoms with Crippen molar-refractivity contribution in [2.75, 3.05) is 5.32 Å². The van der Waals surface area contributed by atoms with Gasteiger partial charge in [-0.2, -0.15) is 10.2 Å². The number of hydrogen-bond donors (Lipinski definition) is 1. The number of hydrogen-bond acceptors (Lipinski definition) is 4. The van der Waals surface area contributed by atoms with Crippen molar-refractivity contribution in [3.8, 4) is 5.75 Å². The van der Waals surface area contributed by atoms with Gasteiger partial charge in [0.05, 0.1) is 21.1 Å². The fraction of sp³-hybridized carbons (Fsp3) is 0.0952. The molecule has 2 heterocycles. The van der Waals surface area contributed by atoms with Gasteiger partial charge >= 0.3 is 0 Å². The summed E-state index contributed by atoms with van der Waals surface area (Å²) >= 11 is 15.4. The van der Waals surface area contributed by atoms with Crippen LogP contribution in [0.1, 0.15) is 16.1 Å². The van der Waals surface area contributed by atoms with Crippen LogP contribution in [0.15, 0.2) is 59.3 Å². The maximum absolute atomic E-state index is 13.7. The Bertz CT molecular complexity index is 1330. The van der Waals surface area contributed by atoms with Crippen molar-refractivity contribution in [1.29, 1.82) is 0 Å². The molecule has 12 heteroatoms. The zero-order valence-electron chi connectivity index (χ0n) is 16.6. The van der Waals surface area contributed by atoms with Gasteiger partial charge in [0.15, 0.2) is 29.8 Å². The van der Waals surface area contributed by atoms with Crippen molar-refractivity contribution in [2.45, 2.75) is 13.3 Å². The molecule has 33 heavy (non-hydrogen) atoms. The van der Waals surface area contributed by atoms with E-state index < -0.39 is 17.5 Å². The second-order valence-electron chi connectivity index (χ2n) is 6.81. The molecule has 7 nitrogen and oxygen atoms in total. The molecule has 0 aliphatic heterocycles. The summed E-state index contributed by atoms with van der Waals surface area (Å²) in [6.07, 6.45) is 3.20. The molecule has 0 atom stereocenters. The summed E-state index contributed by atoms with van der Waals surface area (Å²) in [5.41, 5.74) is 0.984. The van der Waals surface area contributed by atoms with E-state index in [0.717, 1.165) is 17.7 Å². The number of rotatable bonds is 7. The highest BCUT2D eigenvalue weighted by Crippen LogP contribution is 2.25. The molecule has 0 fully saturated rings. The van der Waals surface area contributed by atoms with Crippen LogP contribution in [-0.2, 0) is 13.3 Å².